The highest BCUT2D eigenvalue weighted by Gasteiger charge is 2.44. The number of carbonyl (C=O) groups excluding carboxylic acids is 1. The van der Waals surface area contributed by atoms with Crippen LogP contribution in [0.5, 0.6) is 0 Å². The maximum Gasteiger partial charge on any atom is 0.223 e. The molecule has 1 aliphatic heterocycles. The van der Waals surface area contributed by atoms with E-state index >= 15 is 0 Å². The molecule has 2 aliphatic rings. The monoisotopic (exact) mass is 272 g/mol. The van der Waals surface area contributed by atoms with Crippen LogP contribution in [0.2, 0.25) is 0 Å². The lowest BCUT2D eigenvalue weighted by Gasteiger charge is -2.28. The van der Waals surface area contributed by atoms with Crippen LogP contribution in [0, 0.1) is 5.92 Å². The minimum atomic E-state index is 0.192. The van der Waals surface area contributed by atoms with Crippen LogP contribution in [0.25, 0.3) is 0 Å². The first-order valence-corrected chi connectivity index (χ1v) is 7.76. The molecule has 2 fully saturated rings. The zero-order valence-corrected chi connectivity index (χ0v) is 12.2. The Balaban J connectivity index is 1.56. The van der Waals surface area contributed by atoms with E-state index < -0.39 is 0 Å². The second-order valence-corrected chi connectivity index (χ2v) is 6.44. The summed E-state index contributed by atoms with van der Waals surface area (Å²) in [5, 5.41) is 6.60. The number of piperidine rings is 1. The van der Waals surface area contributed by atoms with Crippen molar-refractivity contribution in [1.29, 1.82) is 0 Å². The highest BCUT2D eigenvalue weighted by molar-refractivity contribution is 5.79. The SMILES string of the molecule is C[C@H]1C[C@@H](C(=O)NCC2(c3ccccc3)CC2)CCN1. The van der Waals surface area contributed by atoms with Gasteiger partial charge in [0.05, 0.1) is 0 Å². The van der Waals surface area contributed by atoms with E-state index in [4.69, 9.17) is 0 Å². The van der Waals surface area contributed by atoms with E-state index in [1.165, 1.54) is 18.4 Å². The van der Waals surface area contributed by atoms with Crippen LogP contribution < -0.4 is 10.6 Å². The molecule has 0 radical (unpaired) electrons. The number of hydrogen-bond acceptors (Lipinski definition) is 2. The van der Waals surface area contributed by atoms with E-state index in [1.54, 1.807) is 0 Å². The molecule has 0 bridgehead atoms. The van der Waals surface area contributed by atoms with Crippen molar-refractivity contribution in [2.75, 3.05) is 13.1 Å². The van der Waals surface area contributed by atoms with E-state index in [2.05, 4.69) is 47.9 Å². The van der Waals surface area contributed by atoms with Crippen molar-refractivity contribution < 1.29 is 4.79 Å². The molecule has 1 heterocycles. The normalized spacial score (nSPS) is 27.9. The third-order valence-electron chi connectivity index (χ3n) is 4.84. The molecule has 108 valence electrons. The molecule has 1 aliphatic carbocycles. The van der Waals surface area contributed by atoms with Gasteiger partial charge in [0.1, 0.15) is 0 Å². The molecule has 0 spiro atoms. The van der Waals surface area contributed by atoms with Crippen molar-refractivity contribution in [2.24, 2.45) is 5.92 Å². The Hall–Kier alpha value is -1.35. The largest absolute Gasteiger partial charge is 0.355 e. The van der Waals surface area contributed by atoms with Gasteiger partial charge < -0.3 is 10.6 Å². The molecular formula is C17H24N2O. The number of nitrogens with one attached hydrogen (secondary N) is 2. The highest BCUT2D eigenvalue weighted by atomic mass is 16.1. The molecule has 2 N–H and O–H groups in total. The molecule has 1 saturated heterocycles. The van der Waals surface area contributed by atoms with Gasteiger partial charge in [-0.3, -0.25) is 4.79 Å². The molecule has 0 unspecified atom stereocenters. The van der Waals surface area contributed by atoms with Crippen molar-refractivity contribution in [1.82, 2.24) is 10.6 Å². The van der Waals surface area contributed by atoms with E-state index in [9.17, 15) is 4.79 Å². The van der Waals surface area contributed by atoms with Gasteiger partial charge in [-0.25, -0.2) is 0 Å². The molecule has 1 amide bonds. The van der Waals surface area contributed by atoms with Crippen LogP contribution in [-0.2, 0) is 10.2 Å². The lowest BCUT2D eigenvalue weighted by atomic mass is 9.91. The lowest BCUT2D eigenvalue weighted by Crippen LogP contribution is -2.44. The fraction of sp³-hybridized carbons (Fsp3) is 0.588. The molecule has 1 saturated carbocycles. The van der Waals surface area contributed by atoms with Crippen molar-refractivity contribution in [3.63, 3.8) is 0 Å². The van der Waals surface area contributed by atoms with E-state index in [0.717, 1.165) is 25.9 Å². The maximum atomic E-state index is 12.3. The summed E-state index contributed by atoms with van der Waals surface area (Å²) in [6.45, 7) is 3.92. The first-order valence-electron chi connectivity index (χ1n) is 7.76. The van der Waals surface area contributed by atoms with Gasteiger partial charge in [0.25, 0.3) is 0 Å². The smallest absolute Gasteiger partial charge is 0.223 e. The summed E-state index contributed by atoms with van der Waals surface area (Å²) >= 11 is 0. The average molecular weight is 272 g/mol. The van der Waals surface area contributed by atoms with Gasteiger partial charge in [-0.1, -0.05) is 30.3 Å². The second kappa shape index (κ2) is 5.57. The summed E-state index contributed by atoms with van der Waals surface area (Å²) in [7, 11) is 0. The Kier molecular flexibility index (Phi) is 3.79. The number of hydrogen-bond donors (Lipinski definition) is 2. The topological polar surface area (TPSA) is 41.1 Å². The standard InChI is InChI=1S/C17H24N2O/c1-13-11-14(7-10-18-13)16(20)19-12-17(8-9-17)15-5-3-2-4-6-15/h2-6,13-14,18H,7-12H2,1H3,(H,19,20)/t13-,14-/m0/s1. The Labute approximate surface area is 121 Å². The number of carbonyl (C=O) groups is 1. The molecule has 20 heavy (non-hydrogen) atoms. The summed E-state index contributed by atoms with van der Waals surface area (Å²) in [6, 6.07) is 11.1. The summed E-state index contributed by atoms with van der Waals surface area (Å²) in [5.41, 5.74) is 1.59. The predicted molar refractivity (Wildman–Crippen MR) is 80.6 cm³/mol. The molecule has 2 atom stereocenters. The van der Waals surface area contributed by atoms with Crippen LogP contribution in [0.4, 0.5) is 0 Å². The molecule has 3 nitrogen and oxygen atoms in total. The van der Waals surface area contributed by atoms with Gasteiger partial charge in [-0.05, 0) is 44.7 Å². The quantitative estimate of drug-likeness (QED) is 0.882. The third-order valence-corrected chi connectivity index (χ3v) is 4.84. The fourth-order valence-electron chi connectivity index (χ4n) is 3.28. The van der Waals surface area contributed by atoms with E-state index in [0.29, 0.717) is 6.04 Å². The molecular weight excluding hydrogens is 248 g/mol. The molecule has 1 aromatic rings. The van der Waals surface area contributed by atoms with Gasteiger partial charge in [0, 0.05) is 23.9 Å². The molecule has 3 rings (SSSR count). The van der Waals surface area contributed by atoms with Crippen molar-refractivity contribution >= 4 is 5.91 Å². The van der Waals surface area contributed by atoms with E-state index in [1.807, 2.05) is 0 Å². The zero-order valence-electron chi connectivity index (χ0n) is 12.2. The number of rotatable bonds is 4. The summed E-state index contributed by atoms with van der Waals surface area (Å²) < 4.78 is 0. The van der Waals surface area contributed by atoms with Crippen molar-refractivity contribution in [2.45, 2.75) is 44.1 Å². The lowest BCUT2D eigenvalue weighted by molar-refractivity contribution is -0.126. The fourth-order valence-corrected chi connectivity index (χ4v) is 3.28. The zero-order chi connectivity index (χ0) is 14.0. The molecule has 3 heteroatoms. The van der Waals surface area contributed by atoms with Gasteiger partial charge >= 0.3 is 0 Å². The summed E-state index contributed by atoms with van der Waals surface area (Å²) in [4.78, 5) is 12.3. The average Bonchev–Trinajstić information content (AvgIpc) is 3.27. The Morgan fingerprint density at radius 1 is 1.35 bits per heavy atom. The Morgan fingerprint density at radius 2 is 2.10 bits per heavy atom. The summed E-state index contributed by atoms with van der Waals surface area (Å²) in [6.07, 6.45) is 4.32. The number of benzene rings is 1. The molecule has 0 aromatic heterocycles. The first-order chi connectivity index (χ1) is 9.70. The number of amides is 1. The van der Waals surface area contributed by atoms with E-state index in [-0.39, 0.29) is 17.2 Å². The predicted octanol–water partition coefficient (Wildman–Crippen LogP) is 2.22. The van der Waals surface area contributed by atoms with Gasteiger partial charge in [0.15, 0.2) is 0 Å². The summed E-state index contributed by atoms with van der Waals surface area (Å²) in [5.74, 6) is 0.443. The van der Waals surface area contributed by atoms with Crippen LogP contribution in [0.1, 0.15) is 38.2 Å². The van der Waals surface area contributed by atoms with Crippen LogP contribution in [0.3, 0.4) is 0 Å². The van der Waals surface area contributed by atoms with Gasteiger partial charge in [0.2, 0.25) is 5.91 Å². The van der Waals surface area contributed by atoms with Crippen LogP contribution in [0.15, 0.2) is 30.3 Å². The minimum absolute atomic E-state index is 0.192. The first kappa shape index (κ1) is 13.6. The van der Waals surface area contributed by atoms with Crippen molar-refractivity contribution in [3.8, 4) is 0 Å². The van der Waals surface area contributed by atoms with Crippen molar-refractivity contribution in [3.05, 3.63) is 35.9 Å². The maximum absolute atomic E-state index is 12.3. The minimum Gasteiger partial charge on any atom is -0.355 e. The van der Waals surface area contributed by atoms with Gasteiger partial charge in [-0.2, -0.15) is 0 Å². The third kappa shape index (κ3) is 2.88. The Morgan fingerprint density at radius 3 is 2.75 bits per heavy atom. The van der Waals surface area contributed by atoms with Gasteiger partial charge in [-0.15, -0.1) is 0 Å². The second-order valence-electron chi connectivity index (χ2n) is 6.44. The Bertz CT molecular complexity index is 467. The van der Waals surface area contributed by atoms with Crippen LogP contribution in [-0.4, -0.2) is 25.0 Å². The molecule has 1 aromatic carbocycles. The van der Waals surface area contributed by atoms with Crippen LogP contribution >= 0.6 is 0 Å². The highest BCUT2D eigenvalue weighted by Crippen LogP contribution is 2.47.